The van der Waals surface area contributed by atoms with E-state index in [1.54, 1.807) is 14.2 Å². The summed E-state index contributed by atoms with van der Waals surface area (Å²) in [5.41, 5.74) is 1.95. The Morgan fingerprint density at radius 3 is 2.32 bits per heavy atom. The average Bonchev–Trinajstić information content (AvgIpc) is 2.81. The minimum atomic E-state index is -0.653. The second-order valence-electron chi connectivity index (χ2n) is 7.13. The Balaban J connectivity index is 0.00000341. The molecule has 1 atom stereocenters. The first kappa shape index (κ1) is 25.1. The molecule has 1 aliphatic rings. The van der Waals surface area contributed by atoms with Gasteiger partial charge in [0, 0.05) is 32.7 Å². The van der Waals surface area contributed by atoms with Crippen molar-refractivity contribution in [3.05, 3.63) is 54.1 Å². The average molecular weight is 540 g/mol. The maximum atomic E-state index is 10.5. The van der Waals surface area contributed by atoms with Gasteiger partial charge in [-0.3, -0.25) is 4.99 Å². The summed E-state index contributed by atoms with van der Waals surface area (Å²) in [7, 11) is 3.34. The van der Waals surface area contributed by atoms with Gasteiger partial charge in [0.15, 0.2) is 5.96 Å². The van der Waals surface area contributed by atoms with Crippen molar-refractivity contribution < 1.29 is 14.6 Å². The van der Waals surface area contributed by atoms with Gasteiger partial charge in [-0.05, 0) is 36.8 Å². The highest BCUT2D eigenvalue weighted by atomic mass is 127. The third-order valence-electron chi connectivity index (χ3n) is 5.25. The smallest absolute Gasteiger partial charge is 0.194 e. The van der Waals surface area contributed by atoms with Crippen LogP contribution in [-0.4, -0.2) is 69.5 Å². The van der Waals surface area contributed by atoms with Crippen molar-refractivity contribution in [2.24, 2.45) is 4.99 Å². The highest BCUT2D eigenvalue weighted by Gasteiger charge is 2.22. The summed E-state index contributed by atoms with van der Waals surface area (Å²) in [6.45, 7) is 6.61. The third-order valence-corrected chi connectivity index (χ3v) is 5.25. The fourth-order valence-electron chi connectivity index (χ4n) is 3.58. The number of nitrogens with one attached hydrogen (secondary N) is 1. The standard InChI is InChI=1S/C23H32N4O3.HI/c1-4-24-23(25-17-21(28)18-9-11-19(29-2)12-10-18)27-15-13-26(14-16-27)20-7-5-6-8-22(20)30-3;/h5-12,21,28H,4,13-17H2,1-3H3,(H,24,25);1H. The van der Waals surface area contributed by atoms with Crippen LogP contribution in [0.25, 0.3) is 0 Å². The summed E-state index contributed by atoms with van der Waals surface area (Å²) in [4.78, 5) is 9.28. The molecule has 0 radical (unpaired) electrons. The van der Waals surface area contributed by atoms with E-state index in [0.29, 0.717) is 6.54 Å². The van der Waals surface area contributed by atoms with Gasteiger partial charge >= 0.3 is 0 Å². The Bertz CT molecular complexity index is 824. The molecule has 0 aliphatic carbocycles. The number of anilines is 1. The molecule has 3 rings (SSSR count). The van der Waals surface area contributed by atoms with Crippen LogP contribution in [-0.2, 0) is 0 Å². The fraction of sp³-hybridized carbons (Fsp3) is 0.435. The molecule has 0 aromatic heterocycles. The van der Waals surface area contributed by atoms with Crippen molar-refractivity contribution in [1.82, 2.24) is 10.2 Å². The number of aliphatic hydroxyl groups is 1. The molecular formula is C23H33IN4O3. The van der Waals surface area contributed by atoms with E-state index in [-0.39, 0.29) is 24.0 Å². The van der Waals surface area contributed by atoms with E-state index in [9.17, 15) is 5.11 Å². The normalized spacial score (nSPS) is 15.2. The van der Waals surface area contributed by atoms with Crippen molar-refractivity contribution in [3.8, 4) is 11.5 Å². The van der Waals surface area contributed by atoms with E-state index in [1.165, 1.54) is 0 Å². The molecule has 1 heterocycles. The first-order chi connectivity index (χ1) is 14.7. The van der Waals surface area contributed by atoms with Gasteiger partial charge in [0.25, 0.3) is 0 Å². The van der Waals surface area contributed by atoms with Crippen LogP contribution in [0.15, 0.2) is 53.5 Å². The highest BCUT2D eigenvalue weighted by Crippen LogP contribution is 2.28. The summed E-state index contributed by atoms with van der Waals surface area (Å²) in [6, 6.07) is 15.6. The molecule has 0 saturated carbocycles. The van der Waals surface area contributed by atoms with Gasteiger partial charge in [-0.1, -0.05) is 24.3 Å². The molecule has 170 valence electrons. The van der Waals surface area contributed by atoms with Crippen LogP contribution in [0, 0.1) is 0 Å². The Kier molecular flexibility index (Phi) is 10.2. The Morgan fingerprint density at radius 1 is 1.03 bits per heavy atom. The molecular weight excluding hydrogens is 507 g/mol. The van der Waals surface area contributed by atoms with Gasteiger partial charge in [-0.25, -0.2) is 0 Å². The molecule has 2 aromatic carbocycles. The molecule has 1 aliphatic heterocycles. The minimum absolute atomic E-state index is 0. The molecule has 7 nitrogen and oxygen atoms in total. The quantitative estimate of drug-likeness (QED) is 0.320. The fourth-order valence-corrected chi connectivity index (χ4v) is 3.58. The minimum Gasteiger partial charge on any atom is -0.497 e. The highest BCUT2D eigenvalue weighted by molar-refractivity contribution is 14.0. The second-order valence-corrected chi connectivity index (χ2v) is 7.13. The van der Waals surface area contributed by atoms with Crippen LogP contribution in [0.1, 0.15) is 18.6 Å². The number of para-hydroxylation sites is 2. The zero-order valence-electron chi connectivity index (χ0n) is 18.5. The maximum absolute atomic E-state index is 10.5. The molecule has 0 spiro atoms. The summed E-state index contributed by atoms with van der Waals surface area (Å²) < 4.78 is 10.7. The number of ether oxygens (including phenoxy) is 2. The van der Waals surface area contributed by atoms with Crippen LogP contribution >= 0.6 is 24.0 Å². The van der Waals surface area contributed by atoms with Crippen LogP contribution in [0.4, 0.5) is 5.69 Å². The maximum Gasteiger partial charge on any atom is 0.194 e. The lowest BCUT2D eigenvalue weighted by Gasteiger charge is -2.38. The zero-order chi connectivity index (χ0) is 21.3. The monoisotopic (exact) mass is 540 g/mol. The number of rotatable bonds is 7. The lowest BCUT2D eigenvalue weighted by atomic mass is 10.1. The van der Waals surface area contributed by atoms with Gasteiger partial charge < -0.3 is 29.7 Å². The molecule has 0 bridgehead atoms. The van der Waals surface area contributed by atoms with E-state index in [1.807, 2.05) is 42.5 Å². The van der Waals surface area contributed by atoms with Crippen molar-refractivity contribution >= 4 is 35.6 Å². The number of hydrogen-bond acceptors (Lipinski definition) is 5. The van der Waals surface area contributed by atoms with Crippen LogP contribution in [0.3, 0.4) is 0 Å². The molecule has 0 amide bonds. The van der Waals surface area contributed by atoms with Crippen molar-refractivity contribution in [1.29, 1.82) is 0 Å². The van der Waals surface area contributed by atoms with Crippen LogP contribution in [0.5, 0.6) is 11.5 Å². The number of benzene rings is 2. The van der Waals surface area contributed by atoms with E-state index in [0.717, 1.165) is 61.4 Å². The molecule has 8 heteroatoms. The van der Waals surface area contributed by atoms with Gasteiger partial charge in [0.05, 0.1) is 32.6 Å². The lowest BCUT2D eigenvalue weighted by molar-refractivity contribution is 0.186. The van der Waals surface area contributed by atoms with Gasteiger partial charge in [0.1, 0.15) is 11.5 Å². The SMILES string of the molecule is CCNC(=NCC(O)c1ccc(OC)cc1)N1CCN(c2ccccc2OC)CC1.I. The zero-order valence-corrected chi connectivity index (χ0v) is 20.8. The van der Waals surface area contributed by atoms with E-state index >= 15 is 0 Å². The summed E-state index contributed by atoms with van der Waals surface area (Å²) >= 11 is 0. The number of guanidine groups is 1. The first-order valence-electron chi connectivity index (χ1n) is 10.4. The predicted molar refractivity (Wildman–Crippen MR) is 136 cm³/mol. The van der Waals surface area contributed by atoms with E-state index < -0.39 is 6.10 Å². The van der Waals surface area contributed by atoms with Gasteiger partial charge in [-0.2, -0.15) is 0 Å². The molecule has 1 saturated heterocycles. The molecule has 1 unspecified atom stereocenters. The third kappa shape index (κ3) is 6.64. The number of aliphatic imine (C=N–C) groups is 1. The number of halogens is 1. The number of hydrogen-bond donors (Lipinski definition) is 2. The van der Waals surface area contributed by atoms with Crippen LogP contribution in [0.2, 0.25) is 0 Å². The lowest BCUT2D eigenvalue weighted by Crippen LogP contribution is -2.52. The largest absolute Gasteiger partial charge is 0.497 e. The topological polar surface area (TPSA) is 69.6 Å². The summed E-state index contributed by atoms with van der Waals surface area (Å²) in [5, 5.41) is 13.9. The number of methoxy groups -OCH3 is 2. The van der Waals surface area contributed by atoms with Crippen molar-refractivity contribution in [2.75, 3.05) is 58.4 Å². The Hall–Kier alpha value is -2.20. The number of aliphatic hydroxyl groups excluding tert-OH is 1. The molecule has 1 fully saturated rings. The van der Waals surface area contributed by atoms with E-state index in [4.69, 9.17) is 14.5 Å². The molecule has 31 heavy (non-hydrogen) atoms. The molecule has 2 N–H and O–H groups in total. The van der Waals surface area contributed by atoms with Crippen molar-refractivity contribution in [3.63, 3.8) is 0 Å². The predicted octanol–water partition coefficient (Wildman–Crippen LogP) is 3.14. The number of nitrogens with zero attached hydrogens (tertiary/aromatic N) is 3. The summed E-state index contributed by atoms with van der Waals surface area (Å²) in [6.07, 6.45) is -0.653. The Morgan fingerprint density at radius 2 is 1.71 bits per heavy atom. The first-order valence-corrected chi connectivity index (χ1v) is 10.4. The van der Waals surface area contributed by atoms with E-state index in [2.05, 4.69) is 28.1 Å². The van der Waals surface area contributed by atoms with Crippen LogP contribution < -0.4 is 19.7 Å². The second kappa shape index (κ2) is 12.6. The van der Waals surface area contributed by atoms with Crippen molar-refractivity contribution in [2.45, 2.75) is 13.0 Å². The summed E-state index contributed by atoms with van der Waals surface area (Å²) in [5.74, 6) is 2.51. The Labute approximate surface area is 202 Å². The van der Waals surface area contributed by atoms with Gasteiger partial charge in [0.2, 0.25) is 0 Å². The molecule has 2 aromatic rings. The number of piperazine rings is 1. The van der Waals surface area contributed by atoms with Gasteiger partial charge in [-0.15, -0.1) is 24.0 Å².